The molecular formula is C18H20O4S. The molecule has 0 radical (unpaired) electrons. The molecular weight excluding hydrogens is 312 g/mol. The summed E-state index contributed by atoms with van der Waals surface area (Å²) < 4.78 is 28.0. The quantitative estimate of drug-likeness (QED) is 0.787. The second kappa shape index (κ2) is 6.96. The van der Waals surface area contributed by atoms with E-state index in [4.69, 9.17) is 4.74 Å². The summed E-state index contributed by atoms with van der Waals surface area (Å²) >= 11 is 0. The highest BCUT2D eigenvalue weighted by Gasteiger charge is 2.14. The molecule has 0 heterocycles. The summed E-state index contributed by atoms with van der Waals surface area (Å²) in [7, 11) is -3.09. The SMILES string of the molecule is Cc1cccc([C@@H](C)OC(=O)c2ccc(CS(C)(=O)=O)cc2)c1. The van der Waals surface area contributed by atoms with Gasteiger partial charge in [-0.15, -0.1) is 0 Å². The van der Waals surface area contributed by atoms with E-state index in [2.05, 4.69) is 0 Å². The summed E-state index contributed by atoms with van der Waals surface area (Å²) in [6.45, 7) is 3.81. The smallest absolute Gasteiger partial charge is 0.338 e. The van der Waals surface area contributed by atoms with Crippen molar-refractivity contribution in [2.45, 2.75) is 25.7 Å². The molecule has 2 aromatic carbocycles. The molecule has 0 aliphatic rings. The minimum absolute atomic E-state index is 0.0397. The molecule has 0 amide bonds. The van der Waals surface area contributed by atoms with E-state index < -0.39 is 15.8 Å². The van der Waals surface area contributed by atoms with Crippen molar-refractivity contribution >= 4 is 15.8 Å². The Hall–Kier alpha value is -2.14. The number of aryl methyl sites for hydroxylation is 1. The zero-order valence-corrected chi connectivity index (χ0v) is 14.3. The van der Waals surface area contributed by atoms with Crippen LogP contribution in [-0.2, 0) is 20.3 Å². The van der Waals surface area contributed by atoms with Gasteiger partial charge in [-0.25, -0.2) is 13.2 Å². The van der Waals surface area contributed by atoms with Crippen LogP contribution in [0, 0.1) is 6.92 Å². The van der Waals surface area contributed by atoms with Crippen molar-refractivity contribution in [3.8, 4) is 0 Å². The lowest BCUT2D eigenvalue weighted by molar-refractivity contribution is 0.0337. The van der Waals surface area contributed by atoms with Crippen LogP contribution in [0.1, 0.15) is 40.1 Å². The molecule has 0 aromatic heterocycles. The van der Waals surface area contributed by atoms with Crippen LogP contribution in [0.25, 0.3) is 0 Å². The summed E-state index contributed by atoms with van der Waals surface area (Å²) in [4.78, 5) is 12.2. The standard InChI is InChI=1S/C18H20O4S/c1-13-5-4-6-17(11-13)14(2)22-18(19)16-9-7-15(8-10-16)12-23(3,20)21/h4-11,14H,12H2,1-3H3/t14-/m1/s1. The molecule has 122 valence electrons. The maximum absolute atomic E-state index is 12.2. The second-order valence-electron chi connectivity index (χ2n) is 5.73. The molecule has 2 rings (SSSR count). The number of benzene rings is 2. The van der Waals surface area contributed by atoms with Gasteiger partial charge in [0, 0.05) is 6.26 Å². The molecule has 0 unspecified atom stereocenters. The van der Waals surface area contributed by atoms with Crippen LogP contribution in [0.5, 0.6) is 0 Å². The van der Waals surface area contributed by atoms with Gasteiger partial charge in [-0.05, 0) is 37.1 Å². The molecule has 0 saturated carbocycles. The molecule has 0 aliphatic heterocycles. The summed E-state index contributed by atoms with van der Waals surface area (Å²) in [5.74, 6) is -0.466. The van der Waals surface area contributed by atoms with Crippen molar-refractivity contribution in [2.75, 3.05) is 6.26 Å². The third-order valence-electron chi connectivity index (χ3n) is 3.41. The van der Waals surface area contributed by atoms with Gasteiger partial charge in [0.1, 0.15) is 6.10 Å². The molecule has 0 fully saturated rings. The van der Waals surface area contributed by atoms with Gasteiger partial charge in [0.25, 0.3) is 0 Å². The summed E-state index contributed by atoms with van der Waals surface area (Å²) in [6, 6.07) is 14.3. The van der Waals surface area contributed by atoms with Gasteiger partial charge in [0.05, 0.1) is 11.3 Å². The lowest BCUT2D eigenvalue weighted by atomic mass is 10.1. The number of carbonyl (C=O) groups is 1. The molecule has 23 heavy (non-hydrogen) atoms. The average Bonchev–Trinajstić information content (AvgIpc) is 2.46. The number of ether oxygens (including phenoxy) is 1. The van der Waals surface area contributed by atoms with Crippen LogP contribution in [0.2, 0.25) is 0 Å². The maximum Gasteiger partial charge on any atom is 0.338 e. The van der Waals surface area contributed by atoms with Crippen LogP contribution in [0.4, 0.5) is 0 Å². The Bertz CT molecular complexity index is 792. The minimum Gasteiger partial charge on any atom is -0.454 e. The highest BCUT2D eigenvalue weighted by Crippen LogP contribution is 2.20. The van der Waals surface area contributed by atoms with Crippen LogP contribution in [-0.4, -0.2) is 20.6 Å². The first-order valence-electron chi connectivity index (χ1n) is 7.29. The largest absolute Gasteiger partial charge is 0.454 e. The number of hydrogen-bond acceptors (Lipinski definition) is 4. The van der Waals surface area contributed by atoms with E-state index in [-0.39, 0.29) is 11.9 Å². The summed E-state index contributed by atoms with van der Waals surface area (Å²) in [5, 5.41) is 0. The molecule has 0 saturated heterocycles. The van der Waals surface area contributed by atoms with Gasteiger partial charge in [-0.1, -0.05) is 42.0 Å². The Morgan fingerprint density at radius 2 is 1.78 bits per heavy atom. The predicted octanol–water partition coefficient (Wildman–Crippen LogP) is 3.46. The third kappa shape index (κ3) is 5.21. The molecule has 0 N–H and O–H groups in total. The fraction of sp³-hybridized carbons (Fsp3) is 0.278. The third-order valence-corrected chi connectivity index (χ3v) is 4.27. The average molecular weight is 332 g/mol. The maximum atomic E-state index is 12.2. The Balaban J connectivity index is 2.06. The first-order valence-corrected chi connectivity index (χ1v) is 9.35. The van der Waals surface area contributed by atoms with Crippen LogP contribution in [0.15, 0.2) is 48.5 Å². The van der Waals surface area contributed by atoms with E-state index in [9.17, 15) is 13.2 Å². The molecule has 2 aromatic rings. The van der Waals surface area contributed by atoms with Gasteiger partial charge >= 0.3 is 5.97 Å². The van der Waals surface area contributed by atoms with Gasteiger partial charge in [-0.2, -0.15) is 0 Å². The molecule has 0 spiro atoms. The van der Waals surface area contributed by atoms with E-state index in [1.165, 1.54) is 6.26 Å². The minimum atomic E-state index is -3.09. The fourth-order valence-corrected chi connectivity index (χ4v) is 3.06. The van der Waals surface area contributed by atoms with E-state index >= 15 is 0 Å². The van der Waals surface area contributed by atoms with Crippen molar-refractivity contribution in [1.29, 1.82) is 0 Å². The number of esters is 1. The summed E-state index contributed by atoms with van der Waals surface area (Å²) in [5.41, 5.74) is 3.10. The van der Waals surface area contributed by atoms with E-state index in [1.807, 2.05) is 38.1 Å². The molecule has 4 nitrogen and oxygen atoms in total. The second-order valence-corrected chi connectivity index (χ2v) is 7.87. The van der Waals surface area contributed by atoms with Crippen molar-refractivity contribution in [3.05, 3.63) is 70.8 Å². The van der Waals surface area contributed by atoms with Crippen molar-refractivity contribution in [1.82, 2.24) is 0 Å². The van der Waals surface area contributed by atoms with Crippen molar-refractivity contribution in [3.63, 3.8) is 0 Å². The fourth-order valence-electron chi connectivity index (χ4n) is 2.26. The molecule has 0 aliphatic carbocycles. The molecule has 0 bridgehead atoms. The van der Waals surface area contributed by atoms with Gasteiger partial charge in [0.15, 0.2) is 9.84 Å². The Morgan fingerprint density at radius 3 is 2.35 bits per heavy atom. The zero-order chi connectivity index (χ0) is 17.0. The molecule has 5 heteroatoms. The highest BCUT2D eigenvalue weighted by molar-refractivity contribution is 7.89. The first kappa shape index (κ1) is 17.2. The number of hydrogen-bond donors (Lipinski definition) is 0. The molecule has 1 atom stereocenters. The number of carbonyl (C=O) groups excluding carboxylic acids is 1. The summed E-state index contributed by atoms with van der Waals surface area (Å²) in [6.07, 6.45) is 0.830. The first-order chi connectivity index (χ1) is 10.7. The van der Waals surface area contributed by atoms with Gasteiger partial charge in [-0.3, -0.25) is 0 Å². The Morgan fingerprint density at radius 1 is 1.13 bits per heavy atom. The van der Waals surface area contributed by atoms with Crippen LogP contribution < -0.4 is 0 Å². The number of rotatable bonds is 5. The van der Waals surface area contributed by atoms with E-state index in [1.54, 1.807) is 24.3 Å². The number of sulfone groups is 1. The van der Waals surface area contributed by atoms with Gasteiger partial charge < -0.3 is 4.74 Å². The lowest BCUT2D eigenvalue weighted by Crippen LogP contribution is -2.09. The lowest BCUT2D eigenvalue weighted by Gasteiger charge is -2.14. The van der Waals surface area contributed by atoms with E-state index in [0.717, 1.165) is 11.1 Å². The monoisotopic (exact) mass is 332 g/mol. The zero-order valence-electron chi connectivity index (χ0n) is 13.4. The normalized spacial score (nSPS) is 12.7. The van der Waals surface area contributed by atoms with Crippen LogP contribution >= 0.6 is 0 Å². The van der Waals surface area contributed by atoms with Crippen LogP contribution in [0.3, 0.4) is 0 Å². The van der Waals surface area contributed by atoms with Gasteiger partial charge in [0.2, 0.25) is 0 Å². The predicted molar refractivity (Wildman–Crippen MR) is 90.0 cm³/mol. The Labute approximate surface area is 137 Å². The topological polar surface area (TPSA) is 60.4 Å². The Kier molecular flexibility index (Phi) is 5.21. The van der Waals surface area contributed by atoms with E-state index in [0.29, 0.717) is 11.1 Å². The van der Waals surface area contributed by atoms with Crippen molar-refractivity contribution < 1.29 is 17.9 Å². The van der Waals surface area contributed by atoms with Crippen molar-refractivity contribution in [2.24, 2.45) is 0 Å². The highest BCUT2D eigenvalue weighted by atomic mass is 32.2.